The molecule has 0 heterocycles. The minimum absolute atomic E-state index is 0.205. The average molecular weight is 458 g/mol. The van der Waals surface area contributed by atoms with Gasteiger partial charge in [0.1, 0.15) is 0 Å². The Balaban J connectivity index is 1.61. The van der Waals surface area contributed by atoms with Crippen LogP contribution >= 0.6 is 23.8 Å². The summed E-state index contributed by atoms with van der Waals surface area (Å²) in [6, 6.07) is 21.9. The van der Waals surface area contributed by atoms with Gasteiger partial charge < -0.3 is 0 Å². The van der Waals surface area contributed by atoms with Gasteiger partial charge in [0, 0.05) is 28.4 Å². The zero-order valence-corrected chi connectivity index (χ0v) is 19.3. The van der Waals surface area contributed by atoms with Crippen LogP contribution in [0, 0.1) is 0 Å². The lowest BCUT2D eigenvalue weighted by Gasteiger charge is -2.10. The molecule has 3 aromatic carbocycles. The van der Waals surface area contributed by atoms with Crippen LogP contribution in [-0.2, 0) is 22.9 Å². The van der Waals surface area contributed by atoms with Gasteiger partial charge in [0.25, 0.3) is 10.0 Å². The predicted octanol–water partition coefficient (Wildman–Crippen LogP) is 6.42. The molecule has 0 unspecified atom stereocenters. The fraction of sp³-hybridized carbons (Fsp3) is 0.208. The molecule has 0 aliphatic rings. The van der Waals surface area contributed by atoms with E-state index >= 15 is 0 Å². The maximum Gasteiger partial charge on any atom is 0.261 e. The molecule has 0 radical (unpaired) electrons. The highest BCUT2D eigenvalue weighted by Crippen LogP contribution is 2.20. The van der Waals surface area contributed by atoms with Crippen molar-refractivity contribution in [3.8, 4) is 0 Å². The lowest BCUT2D eigenvalue weighted by atomic mass is 9.99. The maximum absolute atomic E-state index is 12.6. The number of hydrogen-bond acceptors (Lipinski definition) is 3. The summed E-state index contributed by atoms with van der Waals surface area (Å²) in [5.74, 6) is 0.509. The second-order valence-corrected chi connectivity index (χ2v) is 10.2. The van der Waals surface area contributed by atoms with Crippen molar-refractivity contribution in [3.05, 3.63) is 94.5 Å². The Hall–Kier alpha value is -2.21. The normalized spacial score (nSPS) is 11.5. The third kappa shape index (κ3) is 6.14. The second-order valence-electron chi connectivity index (χ2n) is 7.54. The second kappa shape index (κ2) is 9.73. The van der Waals surface area contributed by atoms with Gasteiger partial charge in [0.15, 0.2) is 0 Å². The molecule has 0 amide bonds. The molecule has 0 spiro atoms. The zero-order chi connectivity index (χ0) is 21.7. The SMILES string of the molecule is CC(C)c1ccc(CC(=S)Cc2ccc(S(=O)(=O)Nc3ccc(Cl)cc3)cc2)cc1. The van der Waals surface area contributed by atoms with Crippen LogP contribution in [-0.4, -0.2) is 13.3 Å². The molecule has 0 saturated carbocycles. The molecule has 3 aromatic rings. The lowest BCUT2D eigenvalue weighted by molar-refractivity contribution is 0.601. The van der Waals surface area contributed by atoms with Crippen LogP contribution in [0.2, 0.25) is 5.02 Å². The average Bonchev–Trinajstić information content (AvgIpc) is 2.70. The van der Waals surface area contributed by atoms with Crippen molar-refractivity contribution < 1.29 is 8.42 Å². The predicted molar refractivity (Wildman–Crippen MR) is 129 cm³/mol. The molecule has 0 aliphatic heterocycles. The Morgan fingerprint density at radius 3 is 1.87 bits per heavy atom. The smallest absolute Gasteiger partial charge is 0.261 e. The Morgan fingerprint density at radius 1 is 0.867 bits per heavy atom. The number of nitrogens with one attached hydrogen (secondary N) is 1. The van der Waals surface area contributed by atoms with Gasteiger partial charge in [-0.3, -0.25) is 4.72 Å². The van der Waals surface area contributed by atoms with Crippen LogP contribution < -0.4 is 4.72 Å². The molecule has 0 aliphatic carbocycles. The number of hydrogen-bond donors (Lipinski definition) is 1. The summed E-state index contributed by atoms with van der Waals surface area (Å²) in [7, 11) is -3.66. The van der Waals surface area contributed by atoms with Crippen LogP contribution in [0.1, 0.15) is 36.5 Å². The van der Waals surface area contributed by atoms with E-state index in [2.05, 4.69) is 42.8 Å². The standard InChI is InChI=1S/C24H24ClNO2S2/c1-17(2)20-7-3-18(4-8-20)15-23(29)16-19-5-13-24(14-6-19)30(27,28)26-22-11-9-21(25)10-12-22/h3-14,17,26H,15-16H2,1-2H3. The molecule has 6 heteroatoms. The van der Waals surface area contributed by atoms with Crippen LogP contribution in [0.3, 0.4) is 0 Å². The fourth-order valence-electron chi connectivity index (χ4n) is 3.06. The van der Waals surface area contributed by atoms with Crippen molar-refractivity contribution in [2.24, 2.45) is 0 Å². The molecule has 1 N–H and O–H groups in total. The maximum atomic E-state index is 12.6. The van der Waals surface area contributed by atoms with Gasteiger partial charge in [-0.15, -0.1) is 0 Å². The quantitative estimate of drug-likeness (QED) is 0.397. The van der Waals surface area contributed by atoms with Crippen LogP contribution in [0.25, 0.3) is 0 Å². The summed E-state index contributed by atoms with van der Waals surface area (Å²) < 4.78 is 27.7. The first-order chi connectivity index (χ1) is 14.2. The van der Waals surface area contributed by atoms with Gasteiger partial charge in [0.05, 0.1) is 4.90 Å². The Kier molecular flexibility index (Phi) is 7.29. The lowest BCUT2D eigenvalue weighted by Crippen LogP contribution is -2.13. The third-order valence-electron chi connectivity index (χ3n) is 4.78. The van der Waals surface area contributed by atoms with Gasteiger partial charge in [-0.25, -0.2) is 8.42 Å². The Morgan fingerprint density at radius 2 is 1.37 bits per heavy atom. The summed E-state index contributed by atoms with van der Waals surface area (Å²) in [5, 5.41) is 0.550. The molecular formula is C24H24ClNO2S2. The molecule has 0 saturated heterocycles. The molecule has 0 fully saturated rings. The van der Waals surface area contributed by atoms with Crippen molar-refractivity contribution in [2.75, 3.05) is 4.72 Å². The Labute approximate surface area is 189 Å². The highest BCUT2D eigenvalue weighted by Gasteiger charge is 2.14. The van der Waals surface area contributed by atoms with E-state index in [0.29, 0.717) is 23.0 Å². The molecule has 30 heavy (non-hydrogen) atoms. The topological polar surface area (TPSA) is 46.2 Å². The molecule has 0 atom stereocenters. The highest BCUT2D eigenvalue weighted by atomic mass is 35.5. The van der Waals surface area contributed by atoms with Crippen molar-refractivity contribution in [3.63, 3.8) is 0 Å². The largest absolute Gasteiger partial charge is 0.280 e. The van der Waals surface area contributed by atoms with Gasteiger partial charge in [-0.2, -0.15) is 0 Å². The first kappa shape index (κ1) is 22.5. The van der Waals surface area contributed by atoms with Crippen molar-refractivity contribution in [2.45, 2.75) is 37.5 Å². The summed E-state index contributed by atoms with van der Waals surface area (Å²) in [6.45, 7) is 4.35. The minimum Gasteiger partial charge on any atom is -0.280 e. The first-order valence-corrected chi connectivity index (χ1v) is 12.0. The third-order valence-corrected chi connectivity index (χ3v) is 6.72. The molecule has 3 nitrogen and oxygen atoms in total. The number of anilines is 1. The molecule has 156 valence electrons. The van der Waals surface area contributed by atoms with E-state index in [-0.39, 0.29) is 4.90 Å². The van der Waals surface area contributed by atoms with Gasteiger partial charge >= 0.3 is 0 Å². The van der Waals surface area contributed by atoms with Crippen molar-refractivity contribution in [1.29, 1.82) is 0 Å². The molecule has 3 rings (SSSR count). The van der Waals surface area contributed by atoms with Gasteiger partial charge in [-0.1, -0.05) is 74.1 Å². The van der Waals surface area contributed by atoms with Crippen LogP contribution in [0.15, 0.2) is 77.7 Å². The molecule has 0 bridgehead atoms. The van der Waals surface area contributed by atoms with E-state index in [1.165, 1.54) is 11.1 Å². The van der Waals surface area contributed by atoms with Crippen molar-refractivity contribution >= 4 is 44.4 Å². The van der Waals surface area contributed by atoms with Gasteiger partial charge in [0.2, 0.25) is 0 Å². The number of benzene rings is 3. The number of thiocarbonyl (C=S) groups is 1. The van der Waals surface area contributed by atoms with Crippen LogP contribution in [0.5, 0.6) is 0 Å². The van der Waals surface area contributed by atoms with E-state index in [0.717, 1.165) is 16.8 Å². The monoisotopic (exact) mass is 457 g/mol. The van der Waals surface area contributed by atoms with E-state index < -0.39 is 10.0 Å². The summed E-state index contributed by atoms with van der Waals surface area (Å²) in [4.78, 5) is 1.12. The highest BCUT2D eigenvalue weighted by molar-refractivity contribution is 7.92. The van der Waals surface area contributed by atoms with E-state index in [1.807, 2.05) is 12.1 Å². The Bertz CT molecular complexity index is 1110. The molecule has 0 aromatic heterocycles. The van der Waals surface area contributed by atoms with E-state index in [4.69, 9.17) is 23.8 Å². The summed E-state index contributed by atoms with van der Waals surface area (Å²) in [6.07, 6.45) is 1.36. The summed E-state index contributed by atoms with van der Waals surface area (Å²) >= 11 is 11.4. The van der Waals surface area contributed by atoms with E-state index in [9.17, 15) is 8.42 Å². The van der Waals surface area contributed by atoms with Crippen molar-refractivity contribution in [1.82, 2.24) is 0 Å². The van der Waals surface area contributed by atoms with Gasteiger partial charge in [-0.05, 0) is 59.0 Å². The summed E-state index contributed by atoms with van der Waals surface area (Å²) in [5.41, 5.74) is 3.96. The molecular weight excluding hydrogens is 434 g/mol. The first-order valence-electron chi connectivity index (χ1n) is 9.71. The number of sulfonamides is 1. The number of halogens is 1. The minimum atomic E-state index is -3.66. The zero-order valence-electron chi connectivity index (χ0n) is 16.9. The van der Waals surface area contributed by atoms with E-state index in [1.54, 1.807) is 36.4 Å². The fourth-order valence-corrected chi connectivity index (χ4v) is 4.57. The van der Waals surface area contributed by atoms with Crippen LogP contribution in [0.4, 0.5) is 5.69 Å². The number of rotatable bonds is 8.